The highest BCUT2D eigenvalue weighted by Crippen LogP contribution is 2.35. The van der Waals surface area contributed by atoms with Gasteiger partial charge in [-0.1, -0.05) is 24.3 Å². The first-order valence-electron chi connectivity index (χ1n) is 8.42. The summed E-state index contributed by atoms with van der Waals surface area (Å²) in [6.45, 7) is 4.70. The number of rotatable bonds is 5. The second-order valence-electron chi connectivity index (χ2n) is 6.57. The van der Waals surface area contributed by atoms with Gasteiger partial charge >= 0.3 is 5.97 Å². The van der Waals surface area contributed by atoms with Crippen LogP contribution in [0.1, 0.15) is 34.0 Å². The maximum atomic E-state index is 12.6. The number of nitrogens with zero attached hydrogens (tertiary/aromatic N) is 2. The highest BCUT2D eigenvalue weighted by Gasteiger charge is 2.40. The van der Waals surface area contributed by atoms with E-state index in [0.717, 1.165) is 21.7 Å². The summed E-state index contributed by atoms with van der Waals surface area (Å²) in [6, 6.07) is 7.85. The molecule has 5 nitrogen and oxygen atoms in total. The lowest BCUT2D eigenvalue weighted by molar-refractivity contribution is -0.141. The second-order valence-corrected chi connectivity index (χ2v) is 7.51. The lowest BCUT2D eigenvalue weighted by Crippen LogP contribution is -2.30. The fourth-order valence-corrected chi connectivity index (χ4v) is 4.30. The molecule has 6 heteroatoms. The Morgan fingerprint density at radius 2 is 2.04 bits per heavy atom. The zero-order valence-corrected chi connectivity index (χ0v) is 15.3. The molecule has 132 valence electrons. The number of aliphatic carboxylic acids is 1. The third-order valence-corrected chi connectivity index (χ3v) is 5.98. The second kappa shape index (κ2) is 7.35. The molecule has 1 aromatic carbocycles. The van der Waals surface area contributed by atoms with Crippen molar-refractivity contribution in [1.29, 1.82) is 0 Å². The van der Waals surface area contributed by atoms with Crippen LogP contribution < -0.4 is 0 Å². The average molecular weight is 358 g/mol. The van der Waals surface area contributed by atoms with Gasteiger partial charge in [0.05, 0.1) is 17.1 Å². The minimum Gasteiger partial charge on any atom is -0.481 e. The Morgan fingerprint density at radius 3 is 2.68 bits per heavy atom. The Morgan fingerprint density at radius 1 is 1.28 bits per heavy atom. The molecule has 1 N–H and O–H groups in total. The molecule has 0 aliphatic carbocycles. The number of hydrogen-bond donors (Lipinski definition) is 1. The van der Waals surface area contributed by atoms with E-state index in [0.29, 0.717) is 19.4 Å². The van der Waals surface area contributed by atoms with Crippen LogP contribution in [-0.2, 0) is 16.0 Å². The molecule has 0 unspecified atom stereocenters. The van der Waals surface area contributed by atoms with Gasteiger partial charge < -0.3 is 10.0 Å². The summed E-state index contributed by atoms with van der Waals surface area (Å²) in [4.78, 5) is 31.4. The topological polar surface area (TPSA) is 70.5 Å². The first kappa shape index (κ1) is 17.6. The molecular weight excluding hydrogens is 336 g/mol. The van der Waals surface area contributed by atoms with Gasteiger partial charge in [0.1, 0.15) is 0 Å². The molecule has 0 radical (unpaired) electrons. The standard InChI is InChI=1S/C19H22N2O3S/c1-12-5-3-4-6-14(12)15-9-21(10-16(15)19(23)24)18(22)8-7-17-13(2)20-11-25-17/h3-6,11,15-16H,7-10H2,1-2H3,(H,23,24)/t15-,16+/m0/s1. The predicted octanol–water partition coefficient (Wildman–Crippen LogP) is 3.02. The number of carboxylic acid groups (broad SMARTS) is 1. The highest BCUT2D eigenvalue weighted by atomic mass is 32.1. The van der Waals surface area contributed by atoms with Gasteiger partial charge in [-0.05, 0) is 31.4 Å². The summed E-state index contributed by atoms with van der Waals surface area (Å²) in [5.74, 6) is -1.50. The number of benzene rings is 1. The van der Waals surface area contributed by atoms with Gasteiger partial charge in [0.25, 0.3) is 0 Å². The maximum Gasteiger partial charge on any atom is 0.308 e. The van der Waals surface area contributed by atoms with Crippen LogP contribution in [0.3, 0.4) is 0 Å². The van der Waals surface area contributed by atoms with E-state index < -0.39 is 11.9 Å². The van der Waals surface area contributed by atoms with Crippen molar-refractivity contribution >= 4 is 23.2 Å². The summed E-state index contributed by atoms with van der Waals surface area (Å²) in [7, 11) is 0. The number of likely N-dealkylation sites (tertiary alicyclic amines) is 1. The molecule has 2 aromatic rings. The largest absolute Gasteiger partial charge is 0.481 e. The zero-order valence-electron chi connectivity index (χ0n) is 14.4. The number of carboxylic acids is 1. The fraction of sp³-hybridized carbons (Fsp3) is 0.421. The van der Waals surface area contributed by atoms with Crippen LogP contribution in [-0.4, -0.2) is 40.0 Å². The fourth-order valence-electron chi connectivity index (χ4n) is 3.52. The summed E-state index contributed by atoms with van der Waals surface area (Å²) in [5, 5.41) is 9.61. The van der Waals surface area contributed by atoms with E-state index in [1.807, 2.05) is 38.1 Å². The summed E-state index contributed by atoms with van der Waals surface area (Å²) in [5.41, 5.74) is 4.87. The highest BCUT2D eigenvalue weighted by molar-refractivity contribution is 7.09. The molecule has 1 fully saturated rings. The van der Waals surface area contributed by atoms with E-state index in [1.165, 1.54) is 0 Å². The smallest absolute Gasteiger partial charge is 0.308 e. The Hall–Kier alpha value is -2.21. The number of carbonyl (C=O) groups excluding carboxylic acids is 1. The van der Waals surface area contributed by atoms with E-state index in [2.05, 4.69) is 4.98 Å². The number of aromatic nitrogens is 1. The van der Waals surface area contributed by atoms with Crippen molar-refractivity contribution in [3.05, 3.63) is 51.5 Å². The van der Waals surface area contributed by atoms with Crippen molar-refractivity contribution < 1.29 is 14.7 Å². The van der Waals surface area contributed by atoms with Crippen LogP contribution in [0.25, 0.3) is 0 Å². The van der Waals surface area contributed by atoms with Crippen molar-refractivity contribution in [2.24, 2.45) is 5.92 Å². The maximum absolute atomic E-state index is 12.6. The summed E-state index contributed by atoms with van der Waals surface area (Å²) in [6.07, 6.45) is 1.06. The Bertz CT molecular complexity index is 786. The quantitative estimate of drug-likeness (QED) is 0.892. The van der Waals surface area contributed by atoms with Gasteiger partial charge in [-0.15, -0.1) is 11.3 Å². The summed E-state index contributed by atoms with van der Waals surface area (Å²) < 4.78 is 0. The lowest BCUT2D eigenvalue weighted by atomic mass is 9.86. The Labute approximate surface area is 151 Å². The molecule has 1 aromatic heterocycles. The minimum absolute atomic E-state index is 0.0233. The van der Waals surface area contributed by atoms with Gasteiger partial charge in [-0.3, -0.25) is 9.59 Å². The van der Waals surface area contributed by atoms with Crippen LogP contribution >= 0.6 is 11.3 Å². The van der Waals surface area contributed by atoms with Crippen molar-refractivity contribution in [3.8, 4) is 0 Å². The SMILES string of the molecule is Cc1ccccc1[C@@H]1CN(C(=O)CCc2scnc2C)C[C@H]1C(=O)O. The molecular formula is C19H22N2O3S. The third kappa shape index (κ3) is 3.74. The zero-order chi connectivity index (χ0) is 18.0. The van der Waals surface area contributed by atoms with E-state index >= 15 is 0 Å². The number of aryl methyl sites for hydroxylation is 3. The first-order valence-corrected chi connectivity index (χ1v) is 9.30. The number of amides is 1. The normalized spacial score (nSPS) is 20.0. The van der Waals surface area contributed by atoms with Gasteiger partial charge in [-0.2, -0.15) is 0 Å². The molecule has 2 heterocycles. The van der Waals surface area contributed by atoms with Crippen molar-refractivity contribution in [3.63, 3.8) is 0 Å². The van der Waals surface area contributed by atoms with E-state index in [4.69, 9.17) is 0 Å². The Balaban J connectivity index is 1.71. The molecule has 1 amide bonds. The molecule has 1 saturated heterocycles. The molecule has 1 aliphatic rings. The van der Waals surface area contributed by atoms with E-state index in [1.54, 1.807) is 21.7 Å². The molecule has 0 bridgehead atoms. The molecule has 1 aliphatic heterocycles. The van der Waals surface area contributed by atoms with Gasteiger partial charge in [-0.25, -0.2) is 4.98 Å². The molecule has 3 rings (SSSR count). The van der Waals surface area contributed by atoms with Gasteiger partial charge in [0.15, 0.2) is 0 Å². The molecule has 25 heavy (non-hydrogen) atoms. The monoisotopic (exact) mass is 358 g/mol. The number of hydrogen-bond acceptors (Lipinski definition) is 4. The lowest BCUT2D eigenvalue weighted by Gasteiger charge is -2.18. The summed E-state index contributed by atoms with van der Waals surface area (Å²) >= 11 is 1.56. The number of carbonyl (C=O) groups is 2. The Kier molecular flexibility index (Phi) is 5.18. The predicted molar refractivity (Wildman–Crippen MR) is 96.8 cm³/mol. The third-order valence-electron chi connectivity index (χ3n) is 4.99. The van der Waals surface area contributed by atoms with Gasteiger partial charge in [0, 0.05) is 30.3 Å². The van der Waals surface area contributed by atoms with Crippen LogP contribution in [0.5, 0.6) is 0 Å². The van der Waals surface area contributed by atoms with Crippen molar-refractivity contribution in [2.75, 3.05) is 13.1 Å². The van der Waals surface area contributed by atoms with Crippen LogP contribution in [0.15, 0.2) is 29.8 Å². The van der Waals surface area contributed by atoms with Crippen molar-refractivity contribution in [2.45, 2.75) is 32.6 Å². The van der Waals surface area contributed by atoms with Gasteiger partial charge in [0.2, 0.25) is 5.91 Å². The molecule has 0 saturated carbocycles. The average Bonchev–Trinajstić information content (AvgIpc) is 3.19. The van der Waals surface area contributed by atoms with Crippen LogP contribution in [0.2, 0.25) is 0 Å². The minimum atomic E-state index is -0.832. The van der Waals surface area contributed by atoms with E-state index in [9.17, 15) is 14.7 Å². The van der Waals surface area contributed by atoms with Crippen LogP contribution in [0.4, 0.5) is 0 Å². The van der Waals surface area contributed by atoms with Crippen molar-refractivity contribution in [1.82, 2.24) is 9.88 Å². The molecule has 0 spiro atoms. The first-order chi connectivity index (χ1) is 12.0. The van der Waals surface area contributed by atoms with E-state index in [-0.39, 0.29) is 18.4 Å². The van der Waals surface area contributed by atoms with Crippen LogP contribution in [0, 0.1) is 19.8 Å². The number of thiazole rings is 1. The molecule has 2 atom stereocenters.